The third kappa shape index (κ3) is 4.12. The molecule has 0 aromatic heterocycles. The molecule has 0 rings (SSSR count). The van der Waals surface area contributed by atoms with Gasteiger partial charge in [0, 0.05) is 7.11 Å². The van der Waals surface area contributed by atoms with Crippen LogP contribution in [0.5, 0.6) is 0 Å². The highest BCUT2D eigenvalue weighted by Crippen LogP contribution is 2.04. The highest BCUT2D eigenvalue weighted by atomic mass is 16.7. The topological polar surface area (TPSA) is 72.8 Å². The standard InChI is InChI=1S/C8H14O5/c1-3-6(4-9)13-8(12-2)7(11)5-10/h4-8,11H,3H2,1-2H3. The number of carbonyl (C=O) groups excluding carboxylic acids is 2. The van der Waals surface area contributed by atoms with Crippen LogP contribution in [-0.2, 0) is 19.1 Å². The molecule has 0 aliphatic heterocycles. The average Bonchev–Trinajstić information content (AvgIpc) is 2.19. The first-order valence-electron chi connectivity index (χ1n) is 3.96. The summed E-state index contributed by atoms with van der Waals surface area (Å²) in [6, 6.07) is 0. The Kier molecular flexibility index (Phi) is 6.30. The van der Waals surface area contributed by atoms with E-state index in [9.17, 15) is 9.59 Å². The van der Waals surface area contributed by atoms with E-state index in [0.717, 1.165) is 0 Å². The monoisotopic (exact) mass is 190 g/mol. The van der Waals surface area contributed by atoms with E-state index in [4.69, 9.17) is 9.84 Å². The van der Waals surface area contributed by atoms with Crippen molar-refractivity contribution in [2.45, 2.75) is 31.8 Å². The van der Waals surface area contributed by atoms with Crippen molar-refractivity contribution in [1.29, 1.82) is 0 Å². The van der Waals surface area contributed by atoms with E-state index < -0.39 is 18.5 Å². The van der Waals surface area contributed by atoms with Crippen LogP contribution in [0.25, 0.3) is 0 Å². The molecule has 0 spiro atoms. The Balaban J connectivity index is 4.09. The number of methoxy groups -OCH3 is 1. The third-order valence-electron chi connectivity index (χ3n) is 1.51. The van der Waals surface area contributed by atoms with Crippen LogP contribution >= 0.6 is 0 Å². The van der Waals surface area contributed by atoms with Crippen molar-refractivity contribution in [2.24, 2.45) is 0 Å². The smallest absolute Gasteiger partial charge is 0.190 e. The van der Waals surface area contributed by atoms with Gasteiger partial charge in [-0.25, -0.2) is 0 Å². The summed E-state index contributed by atoms with van der Waals surface area (Å²) in [4.78, 5) is 20.5. The van der Waals surface area contributed by atoms with Crippen LogP contribution in [0.4, 0.5) is 0 Å². The third-order valence-corrected chi connectivity index (χ3v) is 1.51. The molecule has 5 nitrogen and oxygen atoms in total. The molecule has 3 unspecified atom stereocenters. The lowest BCUT2D eigenvalue weighted by Crippen LogP contribution is -2.35. The van der Waals surface area contributed by atoms with Crippen LogP contribution in [-0.4, -0.2) is 43.3 Å². The predicted molar refractivity (Wildman–Crippen MR) is 44.1 cm³/mol. The molecule has 0 radical (unpaired) electrons. The van der Waals surface area contributed by atoms with Gasteiger partial charge in [0.2, 0.25) is 0 Å². The van der Waals surface area contributed by atoms with Crippen LogP contribution in [0, 0.1) is 0 Å². The van der Waals surface area contributed by atoms with Gasteiger partial charge in [-0.05, 0) is 6.42 Å². The van der Waals surface area contributed by atoms with Gasteiger partial charge in [-0.2, -0.15) is 0 Å². The van der Waals surface area contributed by atoms with Crippen molar-refractivity contribution < 1.29 is 24.2 Å². The van der Waals surface area contributed by atoms with E-state index in [2.05, 4.69) is 4.74 Å². The fourth-order valence-electron chi connectivity index (χ4n) is 0.736. The molecule has 0 aromatic carbocycles. The van der Waals surface area contributed by atoms with Gasteiger partial charge in [0.1, 0.15) is 12.4 Å². The number of aliphatic hydroxyl groups excluding tert-OH is 1. The SMILES string of the molecule is CCC(C=O)OC(OC)C(O)C=O. The van der Waals surface area contributed by atoms with Gasteiger partial charge in [-0.1, -0.05) is 6.92 Å². The number of aliphatic hydroxyl groups is 1. The Hall–Kier alpha value is -0.780. The molecule has 3 atom stereocenters. The van der Waals surface area contributed by atoms with E-state index in [1.165, 1.54) is 7.11 Å². The molecule has 0 fully saturated rings. The molecule has 76 valence electrons. The predicted octanol–water partition coefficient (Wildman–Crippen LogP) is -0.487. The van der Waals surface area contributed by atoms with Crippen molar-refractivity contribution in [2.75, 3.05) is 7.11 Å². The van der Waals surface area contributed by atoms with Gasteiger partial charge in [0.05, 0.1) is 0 Å². The molecule has 0 saturated heterocycles. The molecule has 5 heteroatoms. The highest BCUT2D eigenvalue weighted by Gasteiger charge is 2.21. The van der Waals surface area contributed by atoms with E-state index in [-0.39, 0.29) is 0 Å². The highest BCUT2D eigenvalue weighted by molar-refractivity contribution is 5.57. The largest absolute Gasteiger partial charge is 0.380 e. The summed E-state index contributed by atoms with van der Waals surface area (Å²) in [5, 5.41) is 9.02. The molecule has 0 bridgehead atoms. The molecule has 0 amide bonds. The van der Waals surface area contributed by atoms with Crippen LogP contribution in [0.1, 0.15) is 13.3 Å². The van der Waals surface area contributed by atoms with Crippen LogP contribution < -0.4 is 0 Å². The lowest BCUT2D eigenvalue weighted by molar-refractivity contribution is -0.196. The Morgan fingerprint density at radius 3 is 2.31 bits per heavy atom. The van der Waals surface area contributed by atoms with Gasteiger partial charge >= 0.3 is 0 Å². The second-order valence-corrected chi connectivity index (χ2v) is 2.45. The second kappa shape index (κ2) is 6.71. The second-order valence-electron chi connectivity index (χ2n) is 2.45. The van der Waals surface area contributed by atoms with Crippen molar-refractivity contribution in [3.05, 3.63) is 0 Å². The molecule has 13 heavy (non-hydrogen) atoms. The molecule has 0 heterocycles. The zero-order chi connectivity index (χ0) is 10.3. The Morgan fingerprint density at radius 2 is 2.00 bits per heavy atom. The van der Waals surface area contributed by atoms with Crippen molar-refractivity contribution in [3.8, 4) is 0 Å². The molecule has 0 aromatic rings. The quantitative estimate of drug-likeness (QED) is 0.433. The van der Waals surface area contributed by atoms with Crippen LogP contribution in [0.15, 0.2) is 0 Å². The number of carbonyl (C=O) groups is 2. The van der Waals surface area contributed by atoms with E-state index in [0.29, 0.717) is 19.0 Å². The summed E-state index contributed by atoms with van der Waals surface area (Å²) >= 11 is 0. The molecular formula is C8H14O5. The normalized spacial score (nSPS) is 17.5. The summed E-state index contributed by atoms with van der Waals surface area (Å²) in [7, 11) is 1.29. The minimum Gasteiger partial charge on any atom is -0.380 e. The minimum absolute atomic E-state index is 0.297. The summed E-state index contributed by atoms with van der Waals surface area (Å²) in [6.07, 6.45) is -1.73. The first-order chi connectivity index (χ1) is 6.19. The van der Waals surface area contributed by atoms with Gasteiger partial charge in [0.25, 0.3) is 0 Å². The van der Waals surface area contributed by atoms with Crippen molar-refractivity contribution in [1.82, 2.24) is 0 Å². The maximum Gasteiger partial charge on any atom is 0.190 e. The lowest BCUT2D eigenvalue weighted by Gasteiger charge is -2.20. The summed E-state index contributed by atoms with van der Waals surface area (Å²) in [5.74, 6) is 0. The Morgan fingerprint density at radius 1 is 1.38 bits per heavy atom. The average molecular weight is 190 g/mol. The zero-order valence-electron chi connectivity index (χ0n) is 7.67. The molecule has 0 aliphatic carbocycles. The minimum atomic E-state index is -1.36. The van der Waals surface area contributed by atoms with Gasteiger partial charge in [-0.3, -0.25) is 0 Å². The Labute approximate surface area is 76.6 Å². The first kappa shape index (κ1) is 12.2. The number of ether oxygens (including phenoxy) is 2. The Bertz CT molecular complexity index is 159. The first-order valence-corrected chi connectivity index (χ1v) is 3.96. The van der Waals surface area contributed by atoms with E-state index in [1.54, 1.807) is 6.92 Å². The van der Waals surface area contributed by atoms with Gasteiger partial charge in [-0.15, -0.1) is 0 Å². The number of hydrogen-bond donors (Lipinski definition) is 1. The number of rotatable bonds is 7. The van der Waals surface area contributed by atoms with E-state index >= 15 is 0 Å². The fraction of sp³-hybridized carbons (Fsp3) is 0.750. The zero-order valence-corrected chi connectivity index (χ0v) is 7.67. The van der Waals surface area contributed by atoms with Gasteiger partial charge < -0.3 is 24.2 Å². The number of hydrogen-bond acceptors (Lipinski definition) is 5. The molecule has 1 N–H and O–H groups in total. The molecule has 0 saturated carbocycles. The summed E-state index contributed by atoms with van der Waals surface area (Å²) in [5.41, 5.74) is 0. The van der Waals surface area contributed by atoms with Gasteiger partial charge in [0.15, 0.2) is 18.7 Å². The summed E-state index contributed by atoms with van der Waals surface area (Å²) < 4.78 is 9.65. The number of aldehydes is 2. The van der Waals surface area contributed by atoms with Crippen molar-refractivity contribution >= 4 is 12.6 Å². The maximum absolute atomic E-state index is 10.3. The van der Waals surface area contributed by atoms with Crippen LogP contribution in [0.2, 0.25) is 0 Å². The maximum atomic E-state index is 10.3. The fourth-order valence-corrected chi connectivity index (χ4v) is 0.736. The van der Waals surface area contributed by atoms with Crippen molar-refractivity contribution in [3.63, 3.8) is 0 Å². The van der Waals surface area contributed by atoms with Crippen LogP contribution in [0.3, 0.4) is 0 Å². The van der Waals surface area contributed by atoms with E-state index in [1.807, 2.05) is 0 Å². The molecular weight excluding hydrogens is 176 g/mol. The summed E-state index contributed by atoms with van der Waals surface area (Å²) in [6.45, 7) is 1.75. The lowest BCUT2D eigenvalue weighted by atomic mass is 10.3. The molecule has 0 aliphatic rings.